The third-order valence-corrected chi connectivity index (χ3v) is 5.98. The first-order valence-corrected chi connectivity index (χ1v) is 11.2. The van der Waals surface area contributed by atoms with E-state index in [1.54, 1.807) is 24.3 Å². The number of carboxylic acid groups (broad SMARTS) is 1. The monoisotopic (exact) mass is 646 g/mol. The lowest BCUT2D eigenvalue weighted by Crippen LogP contribution is -2.54. The molecule has 160 valence electrons. The van der Waals surface area contributed by atoms with E-state index < -0.39 is 30.4 Å². The minimum Gasteiger partial charge on any atom is -0.480 e. The van der Waals surface area contributed by atoms with Gasteiger partial charge in [-0.15, -0.1) is 0 Å². The predicted octanol–water partition coefficient (Wildman–Crippen LogP) is 3.59. The minimum absolute atomic E-state index is 0.190. The Morgan fingerprint density at radius 2 is 1.74 bits per heavy atom. The number of benzene rings is 2. The van der Waals surface area contributed by atoms with Gasteiger partial charge < -0.3 is 9.84 Å². The van der Waals surface area contributed by atoms with Gasteiger partial charge in [0.15, 0.2) is 6.61 Å². The number of imide groups is 2. The molecule has 2 aromatic carbocycles. The highest BCUT2D eigenvalue weighted by Crippen LogP contribution is 2.30. The average Bonchev–Trinajstić information content (AvgIpc) is 2.70. The van der Waals surface area contributed by atoms with E-state index in [9.17, 15) is 19.2 Å². The number of carboxylic acids is 1. The number of aliphatic carboxylic acids is 1. The van der Waals surface area contributed by atoms with E-state index in [1.165, 1.54) is 6.08 Å². The van der Waals surface area contributed by atoms with Crippen molar-refractivity contribution in [3.05, 3.63) is 60.2 Å². The maximum absolute atomic E-state index is 13.0. The van der Waals surface area contributed by atoms with Crippen LogP contribution in [0.1, 0.15) is 18.1 Å². The lowest BCUT2D eigenvalue weighted by Gasteiger charge is -2.26. The zero-order chi connectivity index (χ0) is 22.7. The molecule has 10 heteroatoms. The van der Waals surface area contributed by atoms with Gasteiger partial charge in [0.2, 0.25) is 0 Å². The number of carbonyl (C=O) groups excluding carboxylic acids is 3. The maximum Gasteiger partial charge on any atom is 0.341 e. The smallest absolute Gasteiger partial charge is 0.341 e. The highest BCUT2D eigenvalue weighted by atomic mass is 127. The van der Waals surface area contributed by atoms with E-state index >= 15 is 0 Å². The summed E-state index contributed by atoms with van der Waals surface area (Å²) in [5.41, 5.74) is 1.75. The number of rotatable bonds is 6. The molecule has 3 rings (SSSR count). The molecule has 0 aliphatic carbocycles. The normalized spacial score (nSPS) is 15.3. The lowest BCUT2D eigenvalue weighted by atomic mass is 10.1. The van der Waals surface area contributed by atoms with E-state index in [0.29, 0.717) is 24.1 Å². The molecule has 0 bridgehead atoms. The van der Waals surface area contributed by atoms with Crippen LogP contribution in [0, 0.1) is 7.14 Å². The Labute approximate surface area is 204 Å². The van der Waals surface area contributed by atoms with Gasteiger partial charge in [0.25, 0.3) is 11.8 Å². The van der Waals surface area contributed by atoms with Gasteiger partial charge in [-0.1, -0.05) is 19.1 Å². The summed E-state index contributed by atoms with van der Waals surface area (Å²) < 4.78 is 6.52. The highest BCUT2D eigenvalue weighted by Gasteiger charge is 2.36. The Hall–Kier alpha value is -2.48. The molecule has 1 aliphatic rings. The number of urea groups is 1. The van der Waals surface area contributed by atoms with Crippen molar-refractivity contribution in [3.8, 4) is 5.75 Å². The summed E-state index contributed by atoms with van der Waals surface area (Å²) in [6.07, 6.45) is 2.20. The summed E-state index contributed by atoms with van der Waals surface area (Å²) in [7, 11) is 0. The maximum atomic E-state index is 13.0. The molecule has 1 saturated heterocycles. The Kier molecular flexibility index (Phi) is 7.30. The van der Waals surface area contributed by atoms with Crippen LogP contribution in [-0.2, 0) is 20.8 Å². The van der Waals surface area contributed by atoms with Crippen molar-refractivity contribution in [1.29, 1.82) is 0 Å². The number of nitrogens with zero attached hydrogens (tertiary/aromatic N) is 1. The predicted molar refractivity (Wildman–Crippen MR) is 130 cm³/mol. The Balaban J connectivity index is 1.95. The first kappa shape index (κ1) is 23.2. The van der Waals surface area contributed by atoms with E-state index in [4.69, 9.17) is 9.84 Å². The first-order chi connectivity index (χ1) is 14.7. The number of ether oxygens (including phenoxy) is 1. The molecule has 1 fully saturated rings. The molecular weight excluding hydrogens is 630 g/mol. The van der Waals surface area contributed by atoms with Crippen molar-refractivity contribution in [3.63, 3.8) is 0 Å². The van der Waals surface area contributed by atoms with Crippen LogP contribution < -0.4 is 15.0 Å². The number of hydrogen-bond acceptors (Lipinski definition) is 5. The summed E-state index contributed by atoms with van der Waals surface area (Å²) in [5.74, 6) is -2.21. The SMILES string of the molecule is CCc1ccc(N2C(=O)NC(=O)/C(=C\c3cc(I)c(OCC(=O)O)c(I)c3)C2=O)cc1. The highest BCUT2D eigenvalue weighted by molar-refractivity contribution is 14.1. The average molecular weight is 646 g/mol. The molecule has 0 saturated carbocycles. The van der Waals surface area contributed by atoms with Crippen LogP contribution in [-0.4, -0.2) is 35.5 Å². The van der Waals surface area contributed by atoms with E-state index in [0.717, 1.165) is 16.9 Å². The summed E-state index contributed by atoms with van der Waals surface area (Å²) in [6, 6.07) is 9.45. The molecule has 1 heterocycles. The fourth-order valence-electron chi connectivity index (χ4n) is 2.87. The van der Waals surface area contributed by atoms with Crippen molar-refractivity contribution < 1.29 is 29.0 Å². The Morgan fingerprint density at radius 1 is 1.13 bits per heavy atom. The number of nitrogens with one attached hydrogen (secondary N) is 1. The standard InChI is InChI=1S/C21H16I2N2O6/c1-2-11-3-5-13(6-4-11)25-20(29)14(19(28)24-21(25)30)7-12-8-15(22)18(16(23)9-12)31-10-17(26)27/h3-9H,2,10H2,1H3,(H,26,27)(H,24,28,30)/b14-7+. The molecule has 0 spiro atoms. The van der Waals surface area contributed by atoms with Crippen LogP contribution >= 0.6 is 45.2 Å². The zero-order valence-corrected chi connectivity index (χ0v) is 20.5. The van der Waals surface area contributed by atoms with Crippen LogP contribution in [0.2, 0.25) is 0 Å². The van der Waals surface area contributed by atoms with Gasteiger partial charge in [0.05, 0.1) is 12.8 Å². The van der Waals surface area contributed by atoms with Gasteiger partial charge in [0.1, 0.15) is 11.3 Å². The van der Waals surface area contributed by atoms with E-state index in [-0.39, 0.29) is 5.57 Å². The van der Waals surface area contributed by atoms with Gasteiger partial charge >= 0.3 is 12.0 Å². The van der Waals surface area contributed by atoms with Crippen LogP contribution in [0.15, 0.2) is 42.0 Å². The number of halogens is 2. The zero-order valence-electron chi connectivity index (χ0n) is 16.1. The number of anilines is 1. The summed E-state index contributed by atoms with van der Waals surface area (Å²) in [4.78, 5) is 49.4. The minimum atomic E-state index is -1.10. The molecule has 8 nitrogen and oxygen atoms in total. The molecule has 2 N–H and O–H groups in total. The van der Waals surface area contributed by atoms with Crippen LogP contribution in [0.4, 0.5) is 10.5 Å². The van der Waals surface area contributed by atoms with E-state index in [1.807, 2.05) is 64.2 Å². The quantitative estimate of drug-likeness (QED) is 0.282. The summed E-state index contributed by atoms with van der Waals surface area (Å²) in [5, 5.41) is 11.0. The van der Waals surface area contributed by atoms with Gasteiger partial charge in [0, 0.05) is 0 Å². The second-order valence-electron chi connectivity index (χ2n) is 6.47. The fourth-order valence-corrected chi connectivity index (χ4v) is 5.00. The second kappa shape index (κ2) is 9.77. The molecule has 31 heavy (non-hydrogen) atoms. The van der Waals surface area contributed by atoms with Crippen molar-refractivity contribution in [2.24, 2.45) is 0 Å². The fraction of sp³-hybridized carbons (Fsp3) is 0.143. The third-order valence-electron chi connectivity index (χ3n) is 4.38. The Bertz CT molecular complexity index is 1090. The molecule has 0 aromatic heterocycles. The van der Waals surface area contributed by atoms with Crippen LogP contribution in [0.5, 0.6) is 5.75 Å². The number of barbiturate groups is 1. The molecule has 1 aliphatic heterocycles. The number of amides is 4. The molecule has 0 unspecified atom stereocenters. The Morgan fingerprint density at radius 3 is 2.29 bits per heavy atom. The molecule has 0 radical (unpaired) electrons. The summed E-state index contributed by atoms with van der Waals surface area (Å²) in [6.45, 7) is 1.51. The van der Waals surface area contributed by atoms with Crippen molar-refractivity contribution >= 4 is 80.8 Å². The molecule has 0 atom stereocenters. The number of hydrogen-bond donors (Lipinski definition) is 2. The lowest BCUT2D eigenvalue weighted by molar-refractivity contribution is -0.139. The number of aryl methyl sites for hydroxylation is 1. The van der Waals surface area contributed by atoms with Crippen LogP contribution in [0.25, 0.3) is 6.08 Å². The van der Waals surface area contributed by atoms with Gasteiger partial charge in [-0.25, -0.2) is 14.5 Å². The second-order valence-corrected chi connectivity index (χ2v) is 8.80. The van der Waals surface area contributed by atoms with Crippen molar-refractivity contribution in [1.82, 2.24) is 5.32 Å². The molecule has 4 amide bonds. The third kappa shape index (κ3) is 5.23. The first-order valence-electron chi connectivity index (χ1n) is 9.05. The largest absolute Gasteiger partial charge is 0.480 e. The van der Waals surface area contributed by atoms with Crippen LogP contribution in [0.3, 0.4) is 0 Å². The van der Waals surface area contributed by atoms with Crippen molar-refractivity contribution in [2.45, 2.75) is 13.3 Å². The van der Waals surface area contributed by atoms with Gasteiger partial charge in [-0.3, -0.25) is 14.9 Å². The molecular formula is C21H16I2N2O6. The van der Waals surface area contributed by atoms with Crippen molar-refractivity contribution in [2.75, 3.05) is 11.5 Å². The number of carbonyl (C=O) groups is 4. The molecule has 2 aromatic rings. The topological polar surface area (TPSA) is 113 Å². The van der Waals surface area contributed by atoms with Gasteiger partial charge in [-0.2, -0.15) is 0 Å². The van der Waals surface area contributed by atoms with Gasteiger partial charge in [-0.05, 0) is 93.1 Å². The summed E-state index contributed by atoms with van der Waals surface area (Å²) >= 11 is 3.97. The van der Waals surface area contributed by atoms with E-state index in [2.05, 4.69) is 5.32 Å².